The Bertz CT molecular complexity index is 839. The van der Waals surface area contributed by atoms with Crippen LogP contribution >= 0.6 is 0 Å². The Hall–Kier alpha value is -3.28. The number of hydrogen-bond donors (Lipinski definition) is 1. The average molecular weight is 325 g/mol. The maximum Gasteiger partial charge on any atom is 0.301 e. The van der Waals surface area contributed by atoms with Gasteiger partial charge < -0.3 is 14.6 Å². The highest BCUT2D eigenvalue weighted by molar-refractivity contribution is 6.44. The van der Waals surface area contributed by atoms with Crippen LogP contribution in [0.15, 0.2) is 54.3 Å². The monoisotopic (exact) mass is 325 g/mol. The van der Waals surface area contributed by atoms with Crippen LogP contribution in [0.25, 0.3) is 5.57 Å². The van der Waals surface area contributed by atoms with Crippen LogP contribution in [0, 0.1) is 0 Å². The van der Waals surface area contributed by atoms with Crippen molar-refractivity contribution in [3.8, 4) is 11.5 Å². The molecule has 2 aromatic carbocycles. The second kappa shape index (κ2) is 6.08. The van der Waals surface area contributed by atoms with Gasteiger partial charge in [0.2, 0.25) is 0 Å². The first kappa shape index (κ1) is 15.6. The molecule has 0 radical (unpaired) electrons. The number of anilines is 1. The summed E-state index contributed by atoms with van der Waals surface area (Å²) in [6.45, 7) is 0. The quantitative estimate of drug-likeness (QED) is 0.874. The fourth-order valence-corrected chi connectivity index (χ4v) is 2.52. The molecule has 0 bridgehead atoms. The minimum Gasteiger partial charge on any atom is -0.502 e. The van der Waals surface area contributed by atoms with Crippen LogP contribution in [0.3, 0.4) is 0 Å². The van der Waals surface area contributed by atoms with Gasteiger partial charge in [0.15, 0.2) is 5.76 Å². The maximum absolute atomic E-state index is 12.7. The average Bonchev–Trinajstić information content (AvgIpc) is 2.84. The van der Waals surface area contributed by atoms with Crippen molar-refractivity contribution in [2.24, 2.45) is 0 Å². The molecule has 0 atom stereocenters. The summed E-state index contributed by atoms with van der Waals surface area (Å²) in [5.41, 5.74) is 0.738. The van der Waals surface area contributed by atoms with Gasteiger partial charge >= 0.3 is 5.91 Å². The maximum atomic E-state index is 12.7. The molecule has 1 aliphatic rings. The van der Waals surface area contributed by atoms with Gasteiger partial charge in [-0.2, -0.15) is 0 Å². The number of amides is 2. The van der Waals surface area contributed by atoms with Crippen LogP contribution in [0.2, 0.25) is 0 Å². The molecule has 0 aliphatic carbocycles. The van der Waals surface area contributed by atoms with Crippen LogP contribution in [0.5, 0.6) is 11.5 Å². The number of aliphatic hydroxyl groups is 1. The smallest absolute Gasteiger partial charge is 0.301 e. The van der Waals surface area contributed by atoms with Crippen molar-refractivity contribution in [3.63, 3.8) is 0 Å². The molecule has 122 valence electrons. The minimum absolute atomic E-state index is 0.0366. The Balaban J connectivity index is 2.00. The van der Waals surface area contributed by atoms with E-state index in [2.05, 4.69) is 0 Å². The molecule has 0 saturated heterocycles. The summed E-state index contributed by atoms with van der Waals surface area (Å²) in [4.78, 5) is 26.0. The lowest BCUT2D eigenvalue weighted by molar-refractivity contribution is -0.121. The van der Waals surface area contributed by atoms with E-state index < -0.39 is 17.6 Å². The molecule has 6 heteroatoms. The lowest BCUT2D eigenvalue weighted by Crippen LogP contribution is -2.31. The van der Waals surface area contributed by atoms with Crippen LogP contribution in [0.1, 0.15) is 5.56 Å². The molecule has 0 fully saturated rings. The lowest BCUT2D eigenvalue weighted by atomic mass is 10.1. The van der Waals surface area contributed by atoms with Crippen LogP contribution in [-0.2, 0) is 9.59 Å². The van der Waals surface area contributed by atoms with E-state index >= 15 is 0 Å². The van der Waals surface area contributed by atoms with E-state index in [-0.39, 0.29) is 5.57 Å². The Morgan fingerprint density at radius 2 is 1.54 bits per heavy atom. The predicted octanol–water partition coefficient (Wildman–Crippen LogP) is 2.55. The number of imide groups is 1. The topological polar surface area (TPSA) is 76.1 Å². The van der Waals surface area contributed by atoms with Gasteiger partial charge in [-0.1, -0.05) is 18.2 Å². The summed E-state index contributed by atoms with van der Waals surface area (Å²) < 4.78 is 10.2. The van der Waals surface area contributed by atoms with Crippen molar-refractivity contribution < 1.29 is 24.2 Å². The van der Waals surface area contributed by atoms with E-state index in [9.17, 15) is 14.7 Å². The first-order valence-electron chi connectivity index (χ1n) is 7.17. The third kappa shape index (κ3) is 2.48. The highest BCUT2D eigenvalue weighted by atomic mass is 16.5. The molecule has 0 saturated carbocycles. The van der Waals surface area contributed by atoms with Gasteiger partial charge in [-0.25, -0.2) is 4.90 Å². The molecule has 1 aliphatic heterocycles. The number of nitrogens with zero attached hydrogens (tertiary/aromatic N) is 1. The molecule has 0 aromatic heterocycles. The Labute approximate surface area is 138 Å². The fourth-order valence-electron chi connectivity index (χ4n) is 2.52. The van der Waals surface area contributed by atoms with Gasteiger partial charge in [0, 0.05) is 6.07 Å². The summed E-state index contributed by atoms with van der Waals surface area (Å²) in [6, 6.07) is 13.1. The zero-order chi connectivity index (χ0) is 17.3. The van der Waals surface area contributed by atoms with Gasteiger partial charge in [-0.05, 0) is 29.8 Å². The molecule has 1 heterocycles. The van der Waals surface area contributed by atoms with Crippen molar-refractivity contribution in [1.82, 2.24) is 0 Å². The minimum atomic E-state index is -0.765. The molecule has 24 heavy (non-hydrogen) atoms. The number of rotatable bonds is 4. The second-order valence-corrected chi connectivity index (χ2v) is 5.10. The standard InChI is InChI=1S/C18H15NO5/c1-23-13-8-6-11(7-9-13)15-16(20)18(22)19(17(15)21)12-4-3-5-14(10-12)24-2/h3-10,20H,1-2H3. The molecule has 3 rings (SSSR count). The SMILES string of the molecule is COc1ccc(C2=C(O)C(=O)N(c3cccc(OC)c3)C2=O)cc1. The fraction of sp³-hybridized carbons (Fsp3) is 0.111. The third-order valence-electron chi connectivity index (χ3n) is 3.75. The van der Waals surface area contributed by atoms with Gasteiger partial charge in [-0.3, -0.25) is 9.59 Å². The molecule has 1 N–H and O–H groups in total. The molecule has 0 spiro atoms. The predicted molar refractivity (Wildman–Crippen MR) is 88.0 cm³/mol. The summed E-state index contributed by atoms with van der Waals surface area (Å²) in [7, 11) is 3.02. The van der Waals surface area contributed by atoms with Crippen LogP contribution < -0.4 is 14.4 Å². The van der Waals surface area contributed by atoms with Crippen molar-refractivity contribution in [2.75, 3.05) is 19.1 Å². The second-order valence-electron chi connectivity index (χ2n) is 5.10. The number of methoxy groups -OCH3 is 2. The number of carbonyl (C=O) groups excluding carboxylic acids is 2. The molecule has 0 unspecified atom stereocenters. The molecule has 2 aromatic rings. The third-order valence-corrected chi connectivity index (χ3v) is 3.75. The summed E-state index contributed by atoms with van der Waals surface area (Å²) in [6.07, 6.45) is 0. The van der Waals surface area contributed by atoms with E-state index in [0.29, 0.717) is 22.7 Å². The molecular formula is C18H15NO5. The normalized spacial score (nSPS) is 14.3. The van der Waals surface area contributed by atoms with Crippen molar-refractivity contribution in [1.29, 1.82) is 0 Å². The van der Waals surface area contributed by atoms with Crippen molar-refractivity contribution in [2.45, 2.75) is 0 Å². The summed E-state index contributed by atoms with van der Waals surface area (Å²) in [5.74, 6) is -0.811. The number of aliphatic hydroxyl groups excluding tert-OH is 1. The van der Waals surface area contributed by atoms with Gasteiger partial charge in [0.25, 0.3) is 5.91 Å². The summed E-state index contributed by atoms with van der Waals surface area (Å²) >= 11 is 0. The Morgan fingerprint density at radius 3 is 2.17 bits per heavy atom. The van der Waals surface area contributed by atoms with E-state index in [1.54, 1.807) is 48.5 Å². The Morgan fingerprint density at radius 1 is 0.875 bits per heavy atom. The first-order chi connectivity index (χ1) is 11.6. The number of carbonyl (C=O) groups is 2. The largest absolute Gasteiger partial charge is 0.502 e. The van der Waals surface area contributed by atoms with E-state index in [1.807, 2.05) is 0 Å². The van der Waals surface area contributed by atoms with E-state index in [4.69, 9.17) is 9.47 Å². The number of ether oxygens (including phenoxy) is 2. The van der Waals surface area contributed by atoms with Crippen molar-refractivity contribution >= 4 is 23.1 Å². The van der Waals surface area contributed by atoms with Gasteiger partial charge in [0.05, 0.1) is 25.5 Å². The first-order valence-corrected chi connectivity index (χ1v) is 7.17. The van der Waals surface area contributed by atoms with Gasteiger partial charge in [0.1, 0.15) is 11.5 Å². The summed E-state index contributed by atoms with van der Waals surface area (Å²) in [5, 5.41) is 10.2. The highest BCUT2D eigenvalue weighted by Gasteiger charge is 2.40. The van der Waals surface area contributed by atoms with E-state index in [1.165, 1.54) is 14.2 Å². The zero-order valence-electron chi connectivity index (χ0n) is 13.1. The Kier molecular flexibility index (Phi) is 3.95. The molecule has 2 amide bonds. The van der Waals surface area contributed by atoms with Crippen LogP contribution in [0.4, 0.5) is 5.69 Å². The number of hydrogen-bond acceptors (Lipinski definition) is 5. The lowest BCUT2D eigenvalue weighted by Gasteiger charge is -2.15. The van der Waals surface area contributed by atoms with Gasteiger partial charge in [-0.15, -0.1) is 0 Å². The molecule has 6 nitrogen and oxygen atoms in total. The highest BCUT2D eigenvalue weighted by Crippen LogP contribution is 2.33. The zero-order valence-corrected chi connectivity index (χ0v) is 13.1. The molecular weight excluding hydrogens is 310 g/mol. The van der Waals surface area contributed by atoms with Crippen molar-refractivity contribution in [3.05, 3.63) is 59.9 Å². The number of benzene rings is 2. The van der Waals surface area contributed by atoms with E-state index in [0.717, 1.165) is 4.90 Å². The van der Waals surface area contributed by atoms with Crippen LogP contribution in [-0.4, -0.2) is 31.1 Å².